The lowest BCUT2D eigenvalue weighted by Crippen LogP contribution is -2.29. The summed E-state index contributed by atoms with van der Waals surface area (Å²) in [7, 11) is 0. The summed E-state index contributed by atoms with van der Waals surface area (Å²) in [6.07, 6.45) is 7.25. The van der Waals surface area contributed by atoms with Gasteiger partial charge in [0.2, 0.25) is 5.95 Å². The SMILES string of the molecule is CC[C@H](Nc1ncnc2ccc(C#N)cc12)c1nc2cccc(-c3cnc(N)nc3)c2c(=O)n1C1CC1. The van der Waals surface area contributed by atoms with Gasteiger partial charge in [-0.15, -0.1) is 0 Å². The van der Waals surface area contributed by atoms with E-state index in [1.807, 2.05) is 29.7 Å². The fourth-order valence-corrected chi connectivity index (χ4v) is 4.66. The van der Waals surface area contributed by atoms with E-state index in [0.29, 0.717) is 40.1 Å². The van der Waals surface area contributed by atoms with Crippen LogP contribution in [-0.4, -0.2) is 29.5 Å². The summed E-state index contributed by atoms with van der Waals surface area (Å²) < 4.78 is 1.83. The van der Waals surface area contributed by atoms with Gasteiger partial charge < -0.3 is 11.1 Å². The Morgan fingerprint density at radius 2 is 1.95 bits per heavy atom. The Morgan fingerprint density at radius 3 is 2.68 bits per heavy atom. The summed E-state index contributed by atoms with van der Waals surface area (Å²) >= 11 is 0. The Bertz CT molecular complexity index is 1750. The molecule has 0 spiro atoms. The van der Waals surface area contributed by atoms with E-state index in [0.717, 1.165) is 29.3 Å². The summed E-state index contributed by atoms with van der Waals surface area (Å²) in [5.74, 6) is 1.44. The number of nitrogens with two attached hydrogens (primary N) is 1. The molecule has 0 unspecified atom stereocenters. The number of nitrogen functional groups attached to an aromatic ring is 1. The molecule has 1 aliphatic carbocycles. The highest BCUT2D eigenvalue weighted by Crippen LogP contribution is 2.38. The van der Waals surface area contributed by atoms with Gasteiger partial charge in [0.15, 0.2) is 0 Å². The van der Waals surface area contributed by atoms with E-state index < -0.39 is 0 Å². The van der Waals surface area contributed by atoms with Crippen molar-refractivity contribution in [2.75, 3.05) is 11.1 Å². The van der Waals surface area contributed by atoms with Crippen LogP contribution in [0, 0.1) is 11.3 Å². The third-order valence-corrected chi connectivity index (χ3v) is 6.65. The van der Waals surface area contributed by atoms with Gasteiger partial charge in [-0.3, -0.25) is 9.36 Å². The van der Waals surface area contributed by atoms with Crippen molar-refractivity contribution < 1.29 is 0 Å². The molecule has 5 aromatic rings. The highest BCUT2D eigenvalue weighted by atomic mass is 16.1. The summed E-state index contributed by atoms with van der Waals surface area (Å²) in [6.45, 7) is 2.04. The Kier molecular flexibility index (Phi) is 5.45. The zero-order valence-electron chi connectivity index (χ0n) is 20.1. The standard InChI is InChI=1S/C27H23N9O/c1-2-20(34-24-19-10-15(11-28)6-9-21(19)32-14-33-24)25-35-22-5-3-4-18(16-12-30-27(29)31-13-16)23(22)26(37)36(25)17-7-8-17/h3-6,9-10,12-14,17,20H,2,7-8H2,1H3,(H2,29,30,31)(H,32,33,34)/t20-/m0/s1. The van der Waals surface area contributed by atoms with E-state index >= 15 is 0 Å². The van der Waals surface area contributed by atoms with Crippen LogP contribution in [0.2, 0.25) is 0 Å². The predicted octanol–water partition coefficient (Wildman–Crippen LogP) is 4.15. The molecular formula is C27H23N9O. The molecule has 3 heterocycles. The van der Waals surface area contributed by atoms with E-state index in [9.17, 15) is 10.1 Å². The first kappa shape index (κ1) is 22.5. The first-order valence-electron chi connectivity index (χ1n) is 12.1. The molecule has 182 valence electrons. The second-order valence-corrected chi connectivity index (χ2v) is 9.08. The molecule has 10 heteroatoms. The van der Waals surface area contributed by atoms with Gasteiger partial charge in [0.25, 0.3) is 5.56 Å². The molecule has 0 radical (unpaired) electrons. The zero-order chi connectivity index (χ0) is 25.5. The molecular weight excluding hydrogens is 466 g/mol. The number of fused-ring (bicyclic) bond motifs is 2. The highest BCUT2D eigenvalue weighted by molar-refractivity contribution is 5.94. The maximum Gasteiger partial charge on any atom is 0.262 e. The smallest absolute Gasteiger partial charge is 0.262 e. The molecule has 1 saturated carbocycles. The molecule has 1 atom stereocenters. The van der Waals surface area contributed by atoms with Gasteiger partial charge >= 0.3 is 0 Å². The van der Waals surface area contributed by atoms with Crippen LogP contribution in [0.4, 0.5) is 11.8 Å². The minimum Gasteiger partial charge on any atom is -0.368 e. The van der Waals surface area contributed by atoms with Crippen molar-refractivity contribution in [3.05, 3.63) is 76.9 Å². The van der Waals surface area contributed by atoms with Crippen LogP contribution in [0.1, 0.15) is 49.7 Å². The second kappa shape index (κ2) is 8.95. The maximum absolute atomic E-state index is 14.0. The average Bonchev–Trinajstić information content (AvgIpc) is 3.76. The molecule has 1 fully saturated rings. The summed E-state index contributed by atoms with van der Waals surface area (Å²) in [5.41, 5.74) is 8.87. The van der Waals surface area contributed by atoms with Crippen LogP contribution in [0.15, 0.2) is 59.9 Å². The number of hydrogen-bond acceptors (Lipinski definition) is 9. The van der Waals surface area contributed by atoms with Crippen LogP contribution >= 0.6 is 0 Å². The Balaban J connectivity index is 1.51. The number of nitrogens with one attached hydrogen (secondary N) is 1. The van der Waals surface area contributed by atoms with Crippen molar-refractivity contribution >= 4 is 33.6 Å². The summed E-state index contributed by atoms with van der Waals surface area (Å²) in [5, 5.41) is 14.1. The molecule has 0 bridgehead atoms. The van der Waals surface area contributed by atoms with Gasteiger partial charge in [-0.2, -0.15) is 5.26 Å². The molecule has 3 aromatic heterocycles. The fraction of sp³-hybridized carbons (Fsp3) is 0.222. The Morgan fingerprint density at radius 1 is 1.14 bits per heavy atom. The Labute approximate surface area is 211 Å². The van der Waals surface area contributed by atoms with Gasteiger partial charge in [0.1, 0.15) is 18.0 Å². The van der Waals surface area contributed by atoms with Crippen molar-refractivity contribution in [3.63, 3.8) is 0 Å². The van der Waals surface area contributed by atoms with Crippen molar-refractivity contribution in [1.29, 1.82) is 5.26 Å². The number of nitrogens with zero attached hydrogens (tertiary/aromatic N) is 7. The van der Waals surface area contributed by atoms with Crippen LogP contribution in [-0.2, 0) is 0 Å². The Hall–Kier alpha value is -4.91. The van der Waals surface area contributed by atoms with E-state index in [2.05, 4.69) is 31.3 Å². The van der Waals surface area contributed by atoms with Gasteiger partial charge in [0, 0.05) is 29.4 Å². The molecule has 2 aromatic carbocycles. The quantitative estimate of drug-likeness (QED) is 0.359. The summed E-state index contributed by atoms with van der Waals surface area (Å²) in [6, 6.07) is 12.9. The second-order valence-electron chi connectivity index (χ2n) is 9.08. The van der Waals surface area contributed by atoms with Gasteiger partial charge in [0.05, 0.1) is 34.1 Å². The van der Waals surface area contributed by atoms with E-state index in [4.69, 9.17) is 10.7 Å². The average molecular weight is 490 g/mol. The van der Waals surface area contributed by atoms with Crippen LogP contribution in [0.25, 0.3) is 32.9 Å². The largest absolute Gasteiger partial charge is 0.368 e. The van der Waals surface area contributed by atoms with Gasteiger partial charge in [-0.25, -0.2) is 24.9 Å². The third kappa shape index (κ3) is 4.00. The van der Waals surface area contributed by atoms with E-state index in [-0.39, 0.29) is 23.6 Å². The first-order chi connectivity index (χ1) is 18.1. The molecule has 6 rings (SSSR count). The number of hydrogen-bond donors (Lipinski definition) is 2. The van der Waals surface area contributed by atoms with Crippen molar-refractivity contribution in [1.82, 2.24) is 29.5 Å². The first-order valence-corrected chi connectivity index (χ1v) is 12.1. The lowest BCUT2D eigenvalue weighted by Gasteiger charge is -2.23. The van der Waals surface area contributed by atoms with Gasteiger partial charge in [-0.1, -0.05) is 19.1 Å². The monoisotopic (exact) mass is 489 g/mol. The number of rotatable bonds is 6. The maximum atomic E-state index is 14.0. The molecule has 37 heavy (non-hydrogen) atoms. The van der Waals surface area contributed by atoms with Crippen molar-refractivity contribution in [2.45, 2.75) is 38.3 Å². The lowest BCUT2D eigenvalue weighted by molar-refractivity contribution is 0.579. The van der Waals surface area contributed by atoms with Crippen LogP contribution < -0.4 is 16.6 Å². The predicted molar refractivity (Wildman–Crippen MR) is 141 cm³/mol. The normalized spacial score (nSPS) is 13.9. The number of benzene rings is 2. The number of nitriles is 1. The van der Waals surface area contributed by atoms with E-state index in [1.165, 1.54) is 6.33 Å². The van der Waals surface area contributed by atoms with Crippen LogP contribution in [0.3, 0.4) is 0 Å². The van der Waals surface area contributed by atoms with Gasteiger partial charge in [-0.05, 0) is 49.1 Å². The minimum absolute atomic E-state index is 0.0884. The molecule has 10 nitrogen and oxygen atoms in total. The molecule has 0 amide bonds. The minimum atomic E-state index is -0.287. The van der Waals surface area contributed by atoms with E-state index in [1.54, 1.807) is 30.6 Å². The molecule has 1 aliphatic rings. The molecule has 0 saturated heterocycles. The number of aromatic nitrogens is 6. The van der Waals surface area contributed by atoms with Crippen molar-refractivity contribution in [3.8, 4) is 17.2 Å². The van der Waals surface area contributed by atoms with Crippen molar-refractivity contribution in [2.24, 2.45) is 0 Å². The molecule has 0 aliphatic heterocycles. The topological polar surface area (TPSA) is 148 Å². The third-order valence-electron chi connectivity index (χ3n) is 6.65. The highest BCUT2D eigenvalue weighted by Gasteiger charge is 2.31. The fourth-order valence-electron chi connectivity index (χ4n) is 4.66. The lowest BCUT2D eigenvalue weighted by atomic mass is 10.0. The van der Waals surface area contributed by atoms with Crippen LogP contribution in [0.5, 0.6) is 0 Å². The zero-order valence-corrected chi connectivity index (χ0v) is 20.1. The number of anilines is 2. The summed E-state index contributed by atoms with van der Waals surface area (Å²) in [4.78, 5) is 36.0. The molecule has 3 N–H and O–H groups in total.